The van der Waals surface area contributed by atoms with E-state index in [1.807, 2.05) is 13.0 Å². The summed E-state index contributed by atoms with van der Waals surface area (Å²) in [7, 11) is 0. The molecule has 1 rings (SSSR count). The zero-order chi connectivity index (χ0) is 7.40. The van der Waals surface area contributed by atoms with E-state index in [0.717, 1.165) is 5.69 Å². The maximum Gasteiger partial charge on any atom is 0.106 e. The lowest BCUT2D eigenvalue weighted by molar-refractivity contribution is 0.971. The second-order valence-corrected chi connectivity index (χ2v) is 1.88. The molecule has 0 aromatic carbocycles. The Morgan fingerprint density at radius 2 is 2.30 bits per heavy atom. The second-order valence-electron chi connectivity index (χ2n) is 1.88. The van der Waals surface area contributed by atoms with Gasteiger partial charge in [0.25, 0.3) is 0 Å². The summed E-state index contributed by atoms with van der Waals surface area (Å²) >= 11 is 0. The Kier molecular flexibility index (Phi) is 1.94. The van der Waals surface area contributed by atoms with Crippen molar-refractivity contribution < 1.29 is 0 Å². The Balaban J connectivity index is 2.89. The molecule has 4 heteroatoms. The first-order chi connectivity index (χ1) is 4.83. The largest absolute Gasteiger partial charge is 0.323 e. The van der Waals surface area contributed by atoms with Crippen LogP contribution >= 0.6 is 0 Å². The van der Waals surface area contributed by atoms with Gasteiger partial charge < -0.3 is 5.84 Å². The molecule has 0 aliphatic heterocycles. The standard InChI is InChI=1S/C6H8N4/c1-5-2-3-6(4-8-7)10-9-5/h2-4H,7H2,1H3. The first-order valence-corrected chi connectivity index (χ1v) is 2.86. The number of aromatic nitrogens is 2. The molecule has 0 unspecified atom stereocenters. The van der Waals surface area contributed by atoms with Crippen LogP contribution in [-0.2, 0) is 0 Å². The van der Waals surface area contributed by atoms with Crippen LogP contribution in [0.25, 0.3) is 0 Å². The predicted octanol–water partition coefficient (Wildman–Crippen LogP) is 0.0776. The molecule has 1 aromatic heterocycles. The minimum atomic E-state index is 0.674. The molecule has 1 aromatic rings. The van der Waals surface area contributed by atoms with E-state index in [2.05, 4.69) is 15.3 Å². The van der Waals surface area contributed by atoms with Gasteiger partial charge in [-0.05, 0) is 19.1 Å². The number of hydrazone groups is 1. The fraction of sp³-hybridized carbons (Fsp3) is 0.167. The minimum absolute atomic E-state index is 0.674. The van der Waals surface area contributed by atoms with E-state index in [9.17, 15) is 0 Å². The molecule has 0 atom stereocenters. The van der Waals surface area contributed by atoms with E-state index in [1.165, 1.54) is 6.21 Å². The third-order valence-corrected chi connectivity index (χ3v) is 1.03. The van der Waals surface area contributed by atoms with Gasteiger partial charge in [-0.1, -0.05) is 0 Å². The molecule has 4 nitrogen and oxygen atoms in total. The van der Waals surface area contributed by atoms with Gasteiger partial charge in [0.05, 0.1) is 11.9 Å². The van der Waals surface area contributed by atoms with Gasteiger partial charge >= 0.3 is 0 Å². The molecule has 0 saturated heterocycles. The zero-order valence-corrected chi connectivity index (χ0v) is 5.65. The summed E-state index contributed by atoms with van der Waals surface area (Å²) < 4.78 is 0. The van der Waals surface area contributed by atoms with Crippen LogP contribution in [0.5, 0.6) is 0 Å². The lowest BCUT2D eigenvalue weighted by Gasteiger charge is -1.89. The van der Waals surface area contributed by atoms with Gasteiger partial charge in [0.2, 0.25) is 0 Å². The predicted molar refractivity (Wildman–Crippen MR) is 38.6 cm³/mol. The average Bonchev–Trinajstić information content (AvgIpc) is 1.95. The molecule has 0 radical (unpaired) electrons. The van der Waals surface area contributed by atoms with Gasteiger partial charge in [-0.25, -0.2) is 0 Å². The number of nitrogens with zero attached hydrogens (tertiary/aromatic N) is 3. The van der Waals surface area contributed by atoms with Crippen LogP contribution in [0.1, 0.15) is 11.4 Å². The molecule has 1 heterocycles. The summed E-state index contributed by atoms with van der Waals surface area (Å²) in [5.74, 6) is 4.90. The highest BCUT2D eigenvalue weighted by Crippen LogP contribution is 1.90. The number of nitrogens with two attached hydrogens (primary N) is 1. The number of aryl methyl sites for hydroxylation is 1. The van der Waals surface area contributed by atoms with Gasteiger partial charge in [-0.2, -0.15) is 10.2 Å². The zero-order valence-electron chi connectivity index (χ0n) is 5.65. The first kappa shape index (κ1) is 6.67. The summed E-state index contributed by atoms with van der Waals surface area (Å²) in [4.78, 5) is 0. The molecule has 0 fully saturated rings. The van der Waals surface area contributed by atoms with E-state index >= 15 is 0 Å². The van der Waals surface area contributed by atoms with E-state index in [4.69, 9.17) is 5.84 Å². The summed E-state index contributed by atoms with van der Waals surface area (Å²) in [6.07, 6.45) is 1.45. The van der Waals surface area contributed by atoms with Crippen LogP contribution < -0.4 is 5.84 Å². The van der Waals surface area contributed by atoms with E-state index in [1.54, 1.807) is 6.07 Å². The lowest BCUT2D eigenvalue weighted by atomic mass is 10.4. The molecule has 0 bridgehead atoms. The van der Waals surface area contributed by atoms with Gasteiger partial charge in [-0.15, -0.1) is 5.10 Å². The normalized spacial score (nSPS) is 10.5. The summed E-state index contributed by atoms with van der Waals surface area (Å²) in [6, 6.07) is 3.66. The minimum Gasteiger partial charge on any atom is -0.323 e. The molecule has 0 saturated carbocycles. The Morgan fingerprint density at radius 3 is 2.80 bits per heavy atom. The molecule has 52 valence electrons. The maximum atomic E-state index is 4.90. The quantitative estimate of drug-likeness (QED) is 0.338. The van der Waals surface area contributed by atoms with Gasteiger partial charge in [0.15, 0.2) is 0 Å². The van der Waals surface area contributed by atoms with Gasteiger partial charge in [0, 0.05) is 0 Å². The summed E-state index contributed by atoms with van der Waals surface area (Å²) in [5, 5.41) is 10.9. The maximum absolute atomic E-state index is 4.90. The Hall–Kier alpha value is -1.45. The SMILES string of the molecule is Cc1ccc(C=NN)nn1. The van der Waals surface area contributed by atoms with Crippen molar-refractivity contribution in [2.75, 3.05) is 0 Å². The summed E-state index contributed by atoms with van der Waals surface area (Å²) in [6.45, 7) is 1.87. The number of hydrogen-bond donors (Lipinski definition) is 1. The fourth-order valence-corrected chi connectivity index (χ4v) is 0.554. The first-order valence-electron chi connectivity index (χ1n) is 2.86. The van der Waals surface area contributed by atoms with E-state index in [-0.39, 0.29) is 0 Å². The number of rotatable bonds is 1. The molecule has 0 aliphatic rings. The molecule has 0 aliphatic carbocycles. The van der Waals surface area contributed by atoms with Crippen LogP contribution in [0.3, 0.4) is 0 Å². The molecular weight excluding hydrogens is 128 g/mol. The average molecular weight is 136 g/mol. The summed E-state index contributed by atoms with van der Waals surface area (Å²) in [5.41, 5.74) is 1.56. The molecule has 10 heavy (non-hydrogen) atoms. The fourth-order valence-electron chi connectivity index (χ4n) is 0.554. The van der Waals surface area contributed by atoms with Crippen molar-refractivity contribution in [3.05, 3.63) is 23.5 Å². The molecule has 2 N–H and O–H groups in total. The van der Waals surface area contributed by atoms with Crippen molar-refractivity contribution in [3.8, 4) is 0 Å². The lowest BCUT2D eigenvalue weighted by Crippen LogP contribution is -1.93. The van der Waals surface area contributed by atoms with Gasteiger partial charge in [-0.3, -0.25) is 0 Å². The molecule has 0 spiro atoms. The monoisotopic (exact) mass is 136 g/mol. The van der Waals surface area contributed by atoms with Crippen LogP contribution in [0.15, 0.2) is 17.2 Å². The number of hydrogen-bond acceptors (Lipinski definition) is 4. The van der Waals surface area contributed by atoms with Crippen molar-refractivity contribution in [1.29, 1.82) is 0 Å². The van der Waals surface area contributed by atoms with Crippen LogP contribution in [0.4, 0.5) is 0 Å². The van der Waals surface area contributed by atoms with Crippen molar-refractivity contribution >= 4 is 6.21 Å². The molecular formula is C6H8N4. The van der Waals surface area contributed by atoms with E-state index < -0.39 is 0 Å². The smallest absolute Gasteiger partial charge is 0.106 e. The third kappa shape index (κ3) is 1.51. The second kappa shape index (κ2) is 2.91. The van der Waals surface area contributed by atoms with Crippen molar-refractivity contribution in [2.24, 2.45) is 10.9 Å². The van der Waals surface area contributed by atoms with Crippen molar-refractivity contribution in [3.63, 3.8) is 0 Å². The van der Waals surface area contributed by atoms with Crippen LogP contribution in [0.2, 0.25) is 0 Å². The van der Waals surface area contributed by atoms with Crippen molar-refractivity contribution in [1.82, 2.24) is 10.2 Å². The van der Waals surface area contributed by atoms with Crippen molar-refractivity contribution in [2.45, 2.75) is 6.92 Å². The highest BCUT2D eigenvalue weighted by Gasteiger charge is 1.87. The Morgan fingerprint density at radius 1 is 1.50 bits per heavy atom. The van der Waals surface area contributed by atoms with Crippen LogP contribution in [0, 0.1) is 6.92 Å². The Labute approximate surface area is 58.8 Å². The third-order valence-electron chi connectivity index (χ3n) is 1.03. The topological polar surface area (TPSA) is 64.2 Å². The highest BCUT2D eigenvalue weighted by atomic mass is 15.1. The van der Waals surface area contributed by atoms with Crippen LogP contribution in [-0.4, -0.2) is 16.4 Å². The highest BCUT2D eigenvalue weighted by molar-refractivity contribution is 5.76. The van der Waals surface area contributed by atoms with E-state index in [0.29, 0.717) is 5.69 Å². The Bertz CT molecular complexity index is 226. The van der Waals surface area contributed by atoms with Gasteiger partial charge in [0.1, 0.15) is 5.69 Å². The molecule has 0 amide bonds.